The van der Waals surface area contributed by atoms with E-state index in [9.17, 15) is 22.4 Å². The summed E-state index contributed by atoms with van der Waals surface area (Å²) in [6, 6.07) is 11.2. The zero-order chi connectivity index (χ0) is 20.9. The molecule has 1 fully saturated rings. The molecule has 0 aromatic heterocycles. The van der Waals surface area contributed by atoms with Crippen LogP contribution >= 0.6 is 11.8 Å². The molecule has 1 aliphatic rings. The summed E-state index contributed by atoms with van der Waals surface area (Å²) in [6.45, 7) is 2.79. The third kappa shape index (κ3) is 6.45. The number of amides is 1. The molecule has 0 radical (unpaired) electrons. The zero-order valence-corrected chi connectivity index (χ0v) is 16.2. The summed E-state index contributed by atoms with van der Waals surface area (Å²) in [7, 11) is 0. The first-order valence-electron chi connectivity index (χ1n) is 9.03. The number of alkyl halides is 3. The van der Waals surface area contributed by atoms with Gasteiger partial charge in [0.05, 0.1) is 19.3 Å². The first kappa shape index (κ1) is 21.6. The van der Waals surface area contributed by atoms with E-state index in [4.69, 9.17) is 4.74 Å². The highest BCUT2D eigenvalue weighted by Crippen LogP contribution is 2.36. The number of nitrogens with zero attached hydrogens (tertiary/aromatic N) is 1. The second kappa shape index (κ2) is 9.60. The van der Waals surface area contributed by atoms with E-state index in [-0.39, 0.29) is 46.5 Å². The van der Waals surface area contributed by atoms with Gasteiger partial charge in [-0.05, 0) is 53.7 Å². The van der Waals surface area contributed by atoms with Gasteiger partial charge in [0.1, 0.15) is 5.82 Å². The van der Waals surface area contributed by atoms with Crippen molar-refractivity contribution in [3.05, 3.63) is 65.5 Å². The molecule has 1 N–H and O–H groups in total. The van der Waals surface area contributed by atoms with Crippen LogP contribution in [0.2, 0.25) is 0 Å². The highest BCUT2D eigenvalue weighted by Gasteiger charge is 2.29. The second-order valence-corrected chi connectivity index (χ2v) is 7.64. The Morgan fingerprint density at radius 1 is 1.07 bits per heavy atom. The van der Waals surface area contributed by atoms with Crippen molar-refractivity contribution < 1.29 is 27.1 Å². The molecular weight excluding hydrogens is 408 g/mol. The van der Waals surface area contributed by atoms with E-state index in [1.54, 1.807) is 12.1 Å². The third-order valence-corrected chi connectivity index (χ3v) is 5.29. The lowest BCUT2D eigenvalue weighted by atomic mass is 10.0. The number of hydrogen-bond donors (Lipinski definition) is 1. The Hall–Kier alpha value is -2.10. The summed E-state index contributed by atoms with van der Waals surface area (Å²) in [5, 5.41) is 2.83. The zero-order valence-electron chi connectivity index (χ0n) is 15.4. The summed E-state index contributed by atoms with van der Waals surface area (Å²) >= 11 is -0.224. The van der Waals surface area contributed by atoms with Gasteiger partial charge >= 0.3 is 5.51 Å². The highest BCUT2D eigenvalue weighted by atomic mass is 32.2. The molecule has 9 heteroatoms. The molecule has 1 unspecified atom stereocenters. The maximum absolute atomic E-state index is 13.3. The van der Waals surface area contributed by atoms with E-state index < -0.39 is 5.51 Å². The number of ether oxygens (including phenoxy) is 1. The molecule has 1 heterocycles. The van der Waals surface area contributed by atoms with Gasteiger partial charge in [0.2, 0.25) is 0 Å². The van der Waals surface area contributed by atoms with Crippen molar-refractivity contribution in [2.75, 3.05) is 32.8 Å². The predicted molar refractivity (Wildman–Crippen MR) is 102 cm³/mol. The van der Waals surface area contributed by atoms with Gasteiger partial charge in [-0.2, -0.15) is 13.2 Å². The number of halogens is 4. The predicted octanol–water partition coefficient (Wildman–Crippen LogP) is 4.24. The summed E-state index contributed by atoms with van der Waals surface area (Å²) in [4.78, 5) is 14.6. The molecule has 3 rings (SSSR count). The maximum Gasteiger partial charge on any atom is 0.446 e. The van der Waals surface area contributed by atoms with Crippen LogP contribution in [0.15, 0.2) is 53.4 Å². The van der Waals surface area contributed by atoms with Gasteiger partial charge in [-0.15, -0.1) is 0 Å². The molecule has 1 saturated heterocycles. The largest absolute Gasteiger partial charge is 0.446 e. The quantitative estimate of drug-likeness (QED) is 0.552. The number of rotatable bonds is 6. The van der Waals surface area contributed by atoms with Gasteiger partial charge in [-0.1, -0.05) is 12.1 Å². The number of benzene rings is 2. The molecule has 0 saturated carbocycles. The molecule has 4 nitrogen and oxygen atoms in total. The van der Waals surface area contributed by atoms with Crippen LogP contribution in [0.25, 0.3) is 0 Å². The topological polar surface area (TPSA) is 41.6 Å². The van der Waals surface area contributed by atoms with Gasteiger partial charge in [0.25, 0.3) is 5.91 Å². The smallest absolute Gasteiger partial charge is 0.379 e. The fourth-order valence-corrected chi connectivity index (χ4v) is 3.67. The van der Waals surface area contributed by atoms with Crippen LogP contribution in [0.5, 0.6) is 0 Å². The van der Waals surface area contributed by atoms with E-state index in [0.29, 0.717) is 26.3 Å². The van der Waals surface area contributed by atoms with Gasteiger partial charge in [0.15, 0.2) is 0 Å². The van der Waals surface area contributed by atoms with Crippen LogP contribution in [0.4, 0.5) is 17.6 Å². The molecule has 0 bridgehead atoms. The minimum atomic E-state index is -4.37. The van der Waals surface area contributed by atoms with Crippen LogP contribution in [-0.4, -0.2) is 49.2 Å². The van der Waals surface area contributed by atoms with Crippen molar-refractivity contribution in [3.8, 4) is 0 Å². The third-order valence-electron chi connectivity index (χ3n) is 4.55. The molecule has 1 amide bonds. The fourth-order valence-electron chi connectivity index (χ4n) is 3.13. The first-order chi connectivity index (χ1) is 13.8. The van der Waals surface area contributed by atoms with E-state index in [1.807, 2.05) is 0 Å². The van der Waals surface area contributed by atoms with Crippen LogP contribution < -0.4 is 5.32 Å². The van der Waals surface area contributed by atoms with Gasteiger partial charge < -0.3 is 10.1 Å². The van der Waals surface area contributed by atoms with Gasteiger partial charge in [-0.3, -0.25) is 9.69 Å². The Labute approximate surface area is 170 Å². The van der Waals surface area contributed by atoms with Crippen molar-refractivity contribution in [2.24, 2.45) is 0 Å². The maximum atomic E-state index is 13.3. The standard InChI is InChI=1S/C20H20F4N2O2S/c21-16-5-1-14(2-6-16)18(26-9-11-28-12-10-26)13-25-19(27)15-3-7-17(8-4-15)29-20(22,23)24/h1-8,18H,9-13H2,(H,25,27). The van der Waals surface area contributed by atoms with E-state index in [1.165, 1.54) is 36.4 Å². The average Bonchev–Trinajstić information content (AvgIpc) is 2.69. The van der Waals surface area contributed by atoms with Crippen LogP contribution in [0, 0.1) is 5.82 Å². The van der Waals surface area contributed by atoms with Crippen molar-refractivity contribution in [3.63, 3.8) is 0 Å². The molecule has 29 heavy (non-hydrogen) atoms. The molecule has 156 valence electrons. The Morgan fingerprint density at radius 3 is 2.28 bits per heavy atom. The number of carbonyl (C=O) groups is 1. The van der Waals surface area contributed by atoms with Crippen molar-refractivity contribution in [2.45, 2.75) is 16.4 Å². The number of nitrogens with one attached hydrogen (secondary N) is 1. The van der Waals surface area contributed by atoms with Crippen molar-refractivity contribution in [1.82, 2.24) is 10.2 Å². The minimum Gasteiger partial charge on any atom is -0.379 e. The van der Waals surface area contributed by atoms with E-state index >= 15 is 0 Å². The Morgan fingerprint density at radius 2 is 1.69 bits per heavy atom. The van der Waals surface area contributed by atoms with E-state index in [0.717, 1.165) is 5.56 Å². The molecular formula is C20H20F4N2O2S. The van der Waals surface area contributed by atoms with Crippen LogP contribution in [0.3, 0.4) is 0 Å². The lowest BCUT2D eigenvalue weighted by Gasteiger charge is -2.35. The monoisotopic (exact) mass is 428 g/mol. The second-order valence-electron chi connectivity index (χ2n) is 6.50. The first-order valence-corrected chi connectivity index (χ1v) is 9.85. The number of morpholine rings is 1. The van der Waals surface area contributed by atoms with Crippen molar-refractivity contribution in [1.29, 1.82) is 0 Å². The van der Waals surface area contributed by atoms with Gasteiger partial charge in [-0.25, -0.2) is 4.39 Å². The number of carbonyl (C=O) groups excluding carboxylic acids is 1. The SMILES string of the molecule is O=C(NCC(c1ccc(F)cc1)N1CCOCC1)c1ccc(SC(F)(F)F)cc1. The normalized spacial score (nSPS) is 16.4. The summed E-state index contributed by atoms with van der Waals surface area (Å²) in [6.07, 6.45) is 0. The van der Waals surface area contributed by atoms with Gasteiger partial charge in [0, 0.05) is 30.1 Å². The minimum absolute atomic E-state index is 0.0200. The summed E-state index contributed by atoms with van der Waals surface area (Å²) < 4.78 is 55.9. The molecule has 2 aromatic carbocycles. The van der Waals surface area contributed by atoms with E-state index in [2.05, 4.69) is 10.2 Å². The molecule has 1 aliphatic heterocycles. The highest BCUT2D eigenvalue weighted by molar-refractivity contribution is 8.00. The Kier molecular flexibility index (Phi) is 7.15. The Bertz CT molecular complexity index is 807. The summed E-state index contributed by atoms with van der Waals surface area (Å²) in [5.41, 5.74) is -3.23. The fraction of sp³-hybridized carbons (Fsp3) is 0.350. The molecule has 2 aromatic rings. The molecule has 0 spiro atoms. The molecule has 1 atom stereocenters. The Balaban J connectivity index is 1.66. The number of thioether (sulfide) groups is 1. The van der Waals surface area contributed by atoms with Crippen LogP contribution in [-0.2, 0) is 4.74 Å². The van der Waals surface area contributed by atoms with Crippen LogP contribution in [0.1, 0.15) is 22.0 Å². The summed E-state index contributed by atoms with van der Waals surface area (Å²) in [5.74, 6) is -0.718. The lowest BCUT2D eigenvalue weighted by Crippen LogP contribution is -2.43. The number of hydrogen-bond acceptors (Lipinski definition) is 4. The lowest BCUT2D eigenvalue weighted by molar-refractivity contribution is -0.0328. The average molecular weight is 428 g/mol. The van der Waals surface area contributed by atoms with Crippen molar-refractivity contribution >= 4 is 17.7 Å². The molecule has 0 aliphatic carbocycles.